The van der Waals surface area contributed by atoms with Gasteiger partial charge in [-0.25, -0.2) is 0 Å². The molecule has 0 bridgehead atoms. The highest BCUT2D eigenvalue weighted by molar-refractivity contribution is 4.61. The molecule has 110 valence electrons. The van der Waals surface area contributed by atoms with E-state index in [1.807, 2.05) is 0 Å². The molecule has 2 heteroatoms. The summed E-state index contributed by atoms with van der Waals surface area (Å²) in [5, 5.41) is 3.44. The first kappa shape index (κ1) is 17.9. The minimum Gasteiger partial charge on any atom is -0.327 e. The van der Waals surface area contributed by atoms with E-state index in [9.17, 15) is 0 Å². The smallest absolute Gasteiger partial charge is 0.0162 e. The zero-order valence-corrected chi connectivity index (χ0v) is 12.8. The number of hydrogen-bond donors (Lipinski definition) is 2. The van der Waals surface area contributed by atoms with E-state index in [0.717, 1.165) is 19.5 Å². The first-order valence-electron chi connectivity index (χ1n) is 8.27. The number of unbranched alkanes of at least 4 members (excludes halogenated alkanes) is 9. The predicted octanol–water partition coefficient (Wildman–Crippen LogP) is 4.23. The molecule has 0 fully saturated rings. The fourth-order valence-electron chi connectivity index (χ4n) is 2.17. The van der Waals surface area contributed by atoms with Crippen LogP contribution in [0.25, 0.3) is 0 Å². The molecule has 0 saturated heterocycles. The molecule has 1 atom stereocenters. The summed E-state index contributed by atoms with van der Waals surface area (Å²) in [6.45, 7) is 6.55. The number of nitrogens with two attached hydrogens (primary N) is 1. The van der Waals surface area contributed by atoms with Crippen LogP contribution in [0.1, 0.15) is 84.5 Å². The zero-order chi connectivity index (χ0) is 13.5. The summed E-state index contributed by atoms with van der Waals surface area (Å²) in [4.78, 5) is 0. The Hall–Kier alpha value is -0.0800. The molecule has 3 N–H and O–H groups in total. The highest BCUT2D eigenvalue weighted by atomic mass is 14.9. The van der Waals surface area contributed by atoms with Crippen molar-refractivity contribution in [3.8, 4) is 0 Å². The molecule has 0 aromatic heterocycles. The summed E-state index contributed by atoms with van der Waals surface area (Å²) in [6.07, 6.45) is 15.2. The monoisotopic (exact) mass is 256 g/mol. The summed E-state index contributed by atoms with van der Waals surface area (Å²) < 4.78 is 0. The summed E-state index contributed by atoms with van der Waals surface area (Å²) >= 11 is 0. The summed E-state index contributed by atoms with van der Waals surface area (Å²) in [5.74, 6) is 0. The van der Waals surface area contributed by atoms with Crippen LogP contribution < -0.4 is 11.1 Å². The van der Waals surface area contributed by atoms with Gasteiger partial charge in [0.25, 0.3) is 0 Å². The largest absolute Gasteiger partial charge is 0.327 e. The third-order valence-electron chi connectivity index (χ3n) is 3.64. The van der Waals surface area contributed by atoms with Crippen molar-refractivity contribution in [1.29, 1.82) is 0 Å². The molecule has 0 aromatic rings. The first-order valence-corrected chi connectivity index (χ1v) is 8.27. The van der Waals surface area contributed by atoms with Crippen molar-refractivity contribution in [2.24, 2.45) is 5.73 Å². The molecule has 0 radical (unpaired) electrons. The molecule has 0 aliphatic heterocycles. The summed E-state index contributed by atoms with van der Waals surface area (Å²) in [6, 6.07) is 0.341. The van der Waals surface area contributed by atoms with Crippen LogP contribution in [-0.2, 0) is 0 Å². The average Bonchev–Trinajstić information content (AvgIpc) is 2.39. The van der Waals surface area contributed by atoms with Crippen molar-refractivity contribution in [3.05, 3.63) is 0 Å². The molecule has 0 aromatic carbocycles. The van der Waals surface area contributed by atoms with Crippen molar-refractivity contribution in [2.75, 3.05) is 13.1 Å². The Morgan fingerprint density at radius 1 is 0.778 bits per heavy atom. The second-order valence-corrected chi connectivity index (χ2v) is 5.55. The van der Waals surface area contributed by atoms with Crippen LogP contribution in [0.15, 0.2) is 0 Å². The first-order chi connectivity index (χ1) is 8.81. The molecule has 0 spiro atoms. The SMILES string of the molecule is CCCCCCCCCCCCNCC(N)CC. The standard InChI is InChI=1S/C16H36N2/c1-3-5-6-7-8-9-10-11-12-13-14-18-15-16(17)4-2/h16,18H,3-15,17H2,1-2H3. The van der Waals surface area contributed by atoms with Crippen LogP contribution in [0, 0.1) is 0 Å². The van der Waals surface area contributed by atoms with Crippen molar-refractivity contribution in [1.82, 2.24) is 5.32 Å². The number of hydrogen-bond acceptors (Lipinski definition) is 2. The Kier molecular flexibility index (Phi) is 14.9. The van der Waals surface area contributed by atoms with Gasteiger partial charge in [-0.3, -0.25) is 0 Å². The minimum atomic E-state index is 0.341. The maximum absolute atomic E-state index is 5.84. The van der Waals surface area contributed by atoms with E-state index in [1.54, 1.807) is 0 Å². The summed E-state index contributed by atoms with van der Waals surface area (Å²) in [5.41, 5.74) is 5.84. The molecule has 1 unspecified atom stereocenters. The minimum absolute atomic E-state index is 0.341. The summed E-state index contributed by atoms with van der Waals surface area (Å²) in [7, 11) is 0. The quantitative estimate of drug-likeness (QED) is 0.456. The Labute approximate surface area is 115 Å². The molecular weight excluding hydrogens is 220 g/mol. The molecule has 0 aliphatic carbocycles. The van der Waals surface area contributed by atoms with Crippen LogP contribution in [0.3, 0.4) is 0 Å². The van der Waals surface area contributed by atoms with Crippen LogP contribution in [-0.4, -0.2) is 19.1 Å². The van der Waals surface area contributed by atoms with Gasteiger partial charge >= 0.3 is 0 Å². The Balaban J connectivity index is 2.94. The lowest BCUT2D eigenvalue weighted by Crippen LogP contribution is -2.33. The predicted molar refractivity (Wildman–Crippen MR) is 83.0 cm³/mol. The maximum Gasteiger partial charge on any atom is 0.0162 e. The van der Waals surface area contributed by atoms with Gasteiger partial charge in [0.15, 0.2) is 0 Å². The van der Waals surface area contributed by atoms with Crippen LogP contribution in [0.4, 0.5) is 0 Å². The molecule has 2 nitrogen and oxygen atoms in total. The van der Waals surface area contributed by atoms with Crippen LogP contribution >= 0.6 is 0 Å². The van der Waals surface area contributed by atoms with Crippen molar-refractivity contribution >= 4 is 0 Å². The van der Waals surface area contributed by atoms with Gasteiger partial charge in [-0.05, 0) is 19.4 Å². The van der Waals surface area contributed by atoms with E-state index in [4.69, 9.17) is 5.73 Å². The fraction of sp³-hybridized carbons (Fsp3) is 1.00. The number of rotatable bonds is 14. The van der Waals surface area contributed by atoms with Gasteiger partial charge in [0.1, 0.15) is 0 Å². The molecule has 0 aliphatic rings. The van der Waals surface area contributed by atoms with Crippen molar-refractivity contribution < 1.29 is 0 Å². The van der Waals surface area contributed by atoms with Crippen LogP contribution in [0.5, 0.6) is 0 Å². The van der Waals surface area contributed by atoms with Gasteiger partial charge in [-0.15, -0.1) is 0 Å². The van der Waals surface area contributed by atoms with E-state index in [1.165, 1.54) is 64.2 Å². The third-order valence-corrected chi connectivity index (χ3v) is 3.64. The van der Waals surface area contributed by atoms with Gasteiger partial charge in [0.05, 0.1) is 0 Å². The lowest BCUT2D eigenvalue weighted by atomic mass is 10.1. The zero-order valence-electron chi connectivity index (χ0n) is 12.8. The second-order valence-electron chi connectivity index (χ2n) is 5.55. The topological polar surface area (TPSA) is 38.0 Å². The molecular formula is C16H36N2. The Bertz CT molecular complexity index is 148. The van der Waals surface area contributed by atoms with E-state index < -0.39 is 0 Å². The lowest BCUT2D eigenvalue weighted by molar-refractivity contribution is 0.522. The van der Waals surface area contributed by atoms with Gasteiger partial charge in [-0.1, -0.05) is 71.6 Å². The average molecular weight is 256 g/mol. The Morgan fingerprint density at radius 2 is 1.28 bits per heavy atom. The van der Waals surface area contributed by atoms with Gasteiger partial charge < -0.3 is 11.1 Å². The molecule has 0 rings (SSSR count). The number of nitrogens with one attached hydrogen (secondary N) is 1. The molecule has 0 heterocycles. The van der Waals surface area contributed by atoms with Crippen LogP contribution in [0.2, 0.25) is 0 Å². The highest BCUT2D eigenvalue weighted by Gasteiger charge is 1.97. The fourth-order valence-corrected chi connectivity index (χ4v) is 2.17. The van der Waals surface area contributed by atoms with E-state index in [-0.39, 0.29) is 0 Å². The van der Waals surface area contributed by atoms with E-state index in [0.29, 0.717) is 6.04 Å². The molecule has 0 amide bonds. The van der Waals surface area contributed by atoms with Gasteiger partial charge in [0.2, 0.25) is 0 Å². The van der Waals surface area contributed by atoms with E-state index >= 15 is 0 Å². The third kappa shape index (κ3) is 14.0. The van der Waals surface area contributed by atoms with Crippen molar-refractivity contribution in [3.63, 3.8) is 0 Å². The van der Waals surface area contributed by atoms with Crippen molar-refractivity contribution in [2.45, 2.75) is 90.5 Å². The second kappa shape index (κ2) is 15.0. The lowest BCUT2D eigenvalue weighted by Gasteiger charge is -2.09. The Morgan fingerprint density at radius 3 is 1.78 bits per heavy atom. The highest BCUT2D eigenvalue weighted by Crippen LogP contribution is 2.10. The molecule has 0 saturated carbocycles. The van der Waals surface area contributed by atoms with Gasteiger partial charge in [0, 0.05) is 12.6 Å². The van der Waals surface area contributed by atoms with Gasteiger partial charge in [-0.2, -0.15) is 0 Å². The molecule has 18 heavy (non-hydrogen) atoms. The maximum atomic E-state index is 5.84. The van der Waals surface area contributed by atoms with E-state index in [2.05, 4.69) is 19.2 Å². The normalized spacial score (nSPS) is 12.8.